The van der Waals surface area contributed by atoms with E-state index in [2.05, 4.69) is 15.3 Å². The average Bonchev–Trinajstić information content (AvgIpc) is 2.63. The van der Waals surface area contributed by atoms with Crippen molar-refractivity contribution >= 4 is 17.2 Å². The quantitative estimate of drug-likeness (QED) is 0.473. The molecular weight excluding hydrogens is 318 g/mol. The van der Waals surface area contributed by atoms with E-state index in [1.165, 1.54) is 38.3 Å². The Bertz CT molecular complexity index is 727. The Kier molecular flexibility index (Phi) is 5.42. The summed E-state index contributed by atoms with van der Waals surface area (Å²) >= 11 is 0. The van der Waals surface area contributed by atoms with E-state index in [4.69, 9.17) is 5.73 Å². The minimum absolute atomic E-state index is 0.0723. The van der Waals surface area contributed by atoms with Crippen molar-refractivity contribution in [3.05, 3.63) is 52.0 Å². The van der Waals surface area contributed by atoms with Gasteiger partial charge in [0.15, 0.2) is 0 Å². The molecule has 7 heteroatoms. The smallest absolute Gasteiger partial charge is 0.329 e. The number of nitro groups is 1. The third-order valence-electron chi connectivity index (χ3n) is 4.64. The zero-order chi connectivity index (χ0) is 17.6. The van der Waals surface area contributed by atoms with E-state index in [-0.39, 0.29) is 5.69 Å². The Labute approximate surface area is 146 Å². The molecular formula is C18H23N5O2. The van der Waals surface area contributed by atoms with E-state index in [9.17, 15) is 10.1 Å². The molecule has 3 rings (SSSR count). The number of hydrogen-bond donors (Lipinski definition) is 2. The maximum Gasteiger partial charge on any atom is 0.329 e. The summed E-state index contributed by atoms with van der Waals surface area (Å²) in [5.41, 5.74) is 7.33. The normalized spacial score (nSPS) is 15.0. The SMILES string of the molecule is Nc1ccc(Cc2ncc([N+](=O)[O-])c(NCC3CCCCC3)n2)cc1. The Hall–Kier alpha value is -2.70. The first-order valence-corrected chi connectivity index (χ1v) is 8.70. The topological polar surface area (TPSA) is 107 Å². The van der Waals surface area contributed by atoms with Gasteiger partial charge in [-0.25, -0.2) is 9.97 Å². The van der Waals surface area contributed by atoms with Gasteiger partial charge in [-0.3, -0.25) is 10.1 Å². The van der Waals surface area contributed by atoms with Gasteiger partial charge in [-0.15, -0.1) is 0 Å². The van der Waals surface area contributed by atoms with Crippen molar-refractivity contribution in [3.63, 3.8) is 0 Å². The highest BCUT2D eigenvalue weighted by Gasteiger charge is 2.19. The lowest BCUT2D eigenvalue weighted by atomic mass is 9.89. The predicted octanol–water partition coefficient (Wildman–Crippen LogP) is 3.55. The molecule has 1 fully saturated rings. The number of nitrogens with one attached hydrogen (secondary N) is 1. The summed E-state index contributed by atoms with van der Waals surface area (Å²) in [5, 5.41) is 14.4. The van der Waals surface area contributed by atoms with Crippen molar-refractivity contribution in [3.8, 4) is 0 Å². The van der Waals surface area contributed by atoms with Crippen LogP contribution in [-0.2, 0) is 6.42 Å². The Morgan fingerprint density at radius 2 is 1.92 bits per heavy atom. The van der Waals surface area contributed by atoms with Crippen LogP contribution in [0, 0.1) is 16.0 Å². The lowest BCUT2D eigenvalue weighted by Crippen LogP contribution is -2.18. The van der Waals surface area contributed by atoms with E-state index in [0.717, 1.165) is 12.1 Å². The van der Waals surface area contributed by atoms with Crippen LogP contribution in [0.4, 0.5) is 17.2 Å². The van der Waals surface area contributed by atoms with Crippen molar-refractivity contribution in [2.75, 3.05) is 17.6 Å². The minimum Gasteiger partial charge on any atom is -0.399 e. The second-order valence-electron chi connectivity index (χ2n) is 6.58. The first-order chi connectivity index (χ1) is 12.1. The van der Waals surface area contributed by atoms with Crippen LogP contribution in [0.1, 0.15) is 43.5 Å². The number of hydrogen-bond acceptors (Lipinski definition) is 6. The molecule has 0 radical (unpaired) electrons. The zero-order valence-electron chi connectivity index (χ0n) is 14.1. The molecule has 0 aliphatic heterocycles. The van der Waals surface area contributed by atoms with Crippen LogP contribution >= 0.6 is 0 Å². The Balaban J connectivity index is 1.74. The average molecular weight is 341 g/mol. The van der Waals surface area contributed by atoms with E-state index in [0.29, 0.717) is 29.7 Å². The van der Waals surface area contributed by atoms with Gasteiger partial charge >= 0.3 is 5.69 Å². The van der Waals surface area contributed by atoms with Crippen LogP contribution < -0.4 is 11.1 Å². The second kappa shape index (κ2) is 7.92. The molecule has 2 aromatic rings. The largest absolute Gasteiger partial charge is 0.399 e. The molecule has 0 spiro atoms. The van der Waals surface area contributed by atoms with Gasteiger partial charge in [0.25, 0.3) is 0 Å². The third-order valence-corrected chi connectivity index (χ3v) is 4.64. The molecule has 1 saturated carbocycles. The van der Waals surface area contributed by atoms with Gasteiger partial charge in [-0.1, -0.05) is 31.4 Å². The van der Waals surface area contributed by atoms with E-state index >= 15 is 0 Å². The highest BCUT2D eigenvalue weighted by Crippen LogP contribution is 2.26. The number of nitrogen functional groups attached to an aromatic ring is 1. The molecule has 25 heavy (non-hydrogen) atoms. The number of aromatic nitrogens is 2. The third kappa shape index (κ3) is 4.65. The van der Waals surface area contributed by atoms with Gasteiger partial charge < -0.3 is 11.1 Å². The second-order valence-corrected chi connectivity index (χ2v) is 6.58. The minimum atomic E-state index is -0.434. The van der Waals surface area contributed by atoms with Crippen molar-refractivity contribution in [2.45, 2.75) is 38.5 Å². The molecule has 132 valence electrons. The molecule has 0 unspecified atom stereocenters. The van der Waals surface area contributed by atoms with Gasteiger partial charge in [0.1, 0.15) is 12.0 Å². The van der Waals surface area contributed by atoms with Crippen molar-refractivity contribution in [2.24, 2.45) is 5.92 Å². The van der Waals surface area contributed by atoms with Gasteiger partial charge in [0, 0.05) is 18.7 Å². The molecule has 0 amide bonds. The fraction of sp³-hybridized carbons (Fsp3) is 0.444. The fourth-order valence-electron chi connectivity index (χ4n) is 3.21. The molecule has 7 nitrogen and oxygen atoms in total. The maximum absolute atomic E-state index is 11.3. The molecule has 1 aromatic heterocycles. The Morgan fingerprint density at radius 1 is 1.20 bits per heavy atom. The number of benzene rings is 1. The van der Waals surface area contributed by atoms with Gasteiger partial charge in [-0.05, 0) is 36.5 Å². The van der Waals surface area contributed by atoms with Crippen LogP contribution in [0.25, 0.3) is 0 Å². The van der Waals surface area contributed by atoms with Crippen molar-refractivity contribution in [1.82, 2.24) is 9.97 Å². The van der Waals surface area contributed by atoms with Gasteiger partial charge in [0.2, 0.25) is 5.82 Å². The number of anilines is 2. The maximum atomic E-state index is 11.3. The molecule has 1 aliphatic carbocycles. The van der Waals surface area contributed by atoms with E-state index < -0.39 is 4.92 Å². The lowest BCUT2D eigenvalue weighted by molar-refractivity contribution is -0.384. The molecule has 1 aliphatic rings. The summed E-state index contributed by atoms with van der Waals surface area (Å²) in [6.45, 7) is 0.721. The van der Waals surface area contributed by atoms with Crippen molar-refractivity contribution < 1.29 is 4.92 Å². The molecule has 1 heterocycles. The van der Waals surface area contributed by atoms with Crippen LogP contribution in [0.3, 0.4) is 0 Å². The molecule has 0 bridgehead atoms. The van der Waals surface area contributed by atoms with Crippen molar-refractivity contribution in [1.29, 1.82) is 0 Å². The first-order valence-electron chi connectivity index (χ1n) is 8.70. The number of nitrogens with two attached hydrogens (primary N) is 1. The predicted molar refractivity (Wildman–Crippen MR) is 97.4 cm³/mol. The number of nitrogens with zero attached hydrogens (tertiary/aromatic N) is 3. The summed E-state index contributed by atoms with van der Waals surface area (Å²) in [4.78, 5) is 19.4. The van der Waals surface area contributed by atoms with Crippen LogP contribution in [0.2, 0.25) is 0 Å². The number of rotatable bonds is 6. The van der Waals surface area contributed by atoms with Crippen LogP contribution in [0.15, 0.2) is 30.5 Å². The van der Waals surface area contributed by atoms with E-state index in [1.807, 2.05) is 24.3 Å². The lowest BCUT2D eigenvalue weighted by Gasteiger charge is -2.21. The fourth-order valence-corrected chi connectivity index (χ4v) is 3.21. The molecule has 0 saturated heterocycles. The van der Waals surface area contributed by atoms with Gasteiger partial charge in [0.05, 0.1) is 4.92 Å². The summed E-state index contributed by atoms with van der Waals surface area (Å²) in [7, 11) is 0. The first kappa shape index (κ1) is 17.1. The molecule has 3 N–H and O–H groups in total. The summed E-state index contributed by atoms with van der Waals surface area (Å²) < 4.78 is 0. The monoisotopic (exact) mass is 341 g/mol. The molecule has 1 aromatic carbocycles. The van der Waals surface area contributed by atoms with E-state index in [1.54, 1.807) is 0 Å². The van der Waals surface area contributed by atoms with Crippen LogP contribution in [0.5, 0.6) is 0 Å². The Morgan fingerprint density at radius 3 is 2.60 bits per heavy atom. The summed E-state index contributed by atoms with van der Waals surface area (Å²) in [6, 6.07) is 7.47. The highest BCUT2D eigenvalue weighted by atomic mass is 16.6. The van der Waals surface area contributed by atoms with Gasteiger partial charge in [-0.2, -0.15) is 0 Å². The zero-order valence-corrected chi connectivity index (χ0v) is 14.1. The summed E-state index contributed by atoms with van der Waals surface area (Å²) in [5.74, 6) is 1.43. The summed E-state index contributed by atoms with van der Waals surface area (Å²) in [6.07, 6.45) is 7.91. The standard InChI is InChI=1S/C18H23N5O2/c19-15-8-6-13(7-9-15)10-17-20-12-16(23(24)25)18(22-17)21-11-14-4-2-1-3-5-14/h6-9,12,14H,1-5,10-11,19H2,(H,20,21,22). The van der Waals surface area contributed by atoms with Crippen LogP contribution in [-0.4, -0.2) is 21.4 Å². The highest BCUT2D eigenvalue weighted by molar-refractivity contribution is 5.54. The molecule has 0 atom stereocenters.